The number of carbonyl (C=O) groups excluding carboxylic acids is 2. The first-order valence-corrected chi connectivity index (χ1v) is 13.0. The average molecular weight is 507 g/mol. The Morgan fingerprint density at radius 1 is 1.00 bits per heavy atom. The van der Waals surface area contributed by atoms with Gasteiger partial charge in [0, 0.05) is 23.0 Å². The van der Waals surface area contributed by atoms with Crippen LogP contribution in [0.1, 0.15) is 39.7 Å². The lowest BCUT2D eigenvalue weighted by atomic mass is 10.0. The minimum atomic E-state index is -0.227. The van der Waals surface area contributed by atoms with Crippen molar-refractivity contribution in [2.45, 2.75) is 31.3 Å². The van der Waals surface area contributed by atoms with E-state index in [4.69, 9.17) is 14.2 Å². The molecule has 2 aliphatic rings. The van der Waals surface area contributed by atoms with Crippen molar-refractivity contribution in [3.63, 3.8) is 0 Å². The van der Waals surface area contributed by atoms with Crippen LogP contribution < -0.4 is 14.2 Å². The molecule has 1 fully saturated rings. The number of hydrogen-bond acceptors (Lipinski definition) is 6. The fraction of sp³-hybridized carbons (Fsp3) is 0.357. The highest BCUT2D eigenvalue weighted by molar-refractivity contribution is 7.10. The lowest BCUT2D eigenvalue weighted by Gasteiger charge is -2.37. The number of methoxy groups -OCH3 is 2. The van der Waals surface area contributed by atoms with Crippen LogP contribution in [-0.4, -0.2) is 61.6 Å². The first-order valence-electron chi connectivity index (χ1n) is 12.2. The zero-order valence-corrected chi connectivity index (χ0v) is 21.3. The normalized spacial score (nSPS) is 16.7. The van der Waals surface area contributed by atoms with Crippen molar-refractivity contribution in [1.29, 1.82) is 0 Å². The van der Waals surface area contributed by atoms with Gasteiger partial charge in [-0.15, -0.1) is 11.3 Å². The zero-order valence-electron chi connectivity index (χ0n) is 20.5. The lowest BCUT2D eigenvalue weighted by molar-refractivity contribution is -0.135. The van der Waals surface area contributed by atoms with E-state index >= 15 is 0 Å². The maximum atomic E-state index is 13.7. The van der Waals surface area contributed by atoms with Gasteiger partial charge in [-0.25, -0.2) is 0 Å². The Hall–Kier alpha value is -3.52. The van der Waals surface area contributed by atoms with E-state index in [1.807, 2.05) is 29.2 Å². The van der Waals surface area contributed by atoms with Gasteiger partial charge in [-0.2, -0.15) is 0 Å². The van der Waals surface area contributed by atoms with Crippen LogP contribution in [0.3, 0.4) is 0 Å². The molecular formula is C28H30N2O5S. The van der Waals surface area contributed by atoms with E-state index in [0.29, 0.717) is 36.0 Å². The molecule has 1 atom stereocenters. The van der Waals surface area contributed by atoms with E-state index in [1.165, 1.54) is 4.88 Å². The van der Waals surface area contributed by atoms with E-state index < -0.39 is 0 Å². The number of nitrogens with zero attached hydrogens (tertiary/aromatic N) is 2. The van der Waals surface area contributed by atoms with E-state index in [2.05, 4.69) is 11.4 Å². The molecule has 2 aromatic carbocycles. The molecule has 0 N–H and O–H groups in total. The van der Waals surface area contributed by atoms with E-state index in [0.717, 1.165) is 24.8 Å². The SMILES string of the molecule is COc1ccc(C(=O)N(CC(=O)N2CCc3sccc3[C@H]2COc2ccccc2OC)C2CC2)cc1. The van der Waals surface area contributed by atoms with Crippen LogP contribution in [0.2, 0.25) is 0 Å². The Labute approximate surface area is 215 Å². The number of hydrogen-bond donors (Lipinski definition) is 0. The first kappa shape index (κ1) is 24.2. The van der Waals surface area contributed by atoms with Crippen molar-refractivity contribution in [1.82, 2.24) is 9.80 Å². The van der Waals surface area contributed by atoms with Gasteiger partial charge < -0.3 is 24.0 Å². The summed E-state index contributed by atoms with van der Waals surface area (Å²) in [5.41, 5.74) is 1.68. The molecule has 2 amide bonds. The molecule has 7 nitrogen and oxygen atoms in total. The summed E-state index contributed by atoms with van der Waals surface area (Å²) >= 11 is 1.71. The quantitative estimate of drug-likeness (QED) is 0.425. The molecule has 1 aromatic heterocycles. The molecular weight excluding hydrogens is 476 g/mol. The second-order valence-electron chi connectivity index (χ2n) is 9.01. The predicted octanol–water partition coefficient (Wildman–Crippen LogP) is 4.57. The third-order valence-corrected chi connectivity index (χ3v) is 7.77. The number of amides is 2. The summed E-state index contributed by atoms with van der Waals surface area (Å²) in [5.74, 6) is 1.81. The Morgan fingerprint density at radius 3 is 2.44 bits per heavy atom. The third kappa shape index (κ3) is 5.04. The van der Waals surface area contributed by atoms with Gasteiger partial charge in [0.05, 0.1) is 20.3 Å². The van der Waals surface area contributed by atoms with Crippen LogP contribution in [0.5, 0.6) is 17.2 Å². The molecule has 3 aromatic rings. The second kappa shape index (κ2) is 10.6. The van der Waals surface area contributed by atoms with Crippen molar-refractivity contribution in [2.24, 2.45) is 0 Å². The Bertz CT molecular complexity index is 1220. The molecule has 0 bridgehead atoms. The van der Waals surface area contributed by atoms with Crippen LogP contribution in [0.25, 0.3) is 0 Å². The first-order chi connectivity index (χ1) is 17.6. The zero-order chi connectivity index (χ0) is 25.1. The summed E-state index contributed by atoms with van der Waals surface area (Å²) in [6.45, 7) is 0.966. The molecule has 188 valence electrons. The fourth-order valence-corrected chi connectivity index (χ4v) is 5.60. The van der Waals surface area contributed by atoms with Gasteiger partial charge in [0.15, 0.2) is 11.5 Å². The summed E-state index contributed by atoms with van der Waals surface area (Å²) < 4.78 is 16.8. The molecule has 36 heavy (non-hydrogen) atoms. The maximum absolute atomic E-state index is 13.7. The van der Waals surface area contributed by atoms with E-state index in [1.54, 1.807) is 54.7 Å². The van der Waals surface area contributed by atoms with Gasteiger partial charge >= 0.3 is 0 Å². The van der Waals surface area contributed by atoms with Crippen molar-refractivity contribution in [2.75, 3.05) is 33.9 Å². The van der Waals surface area contributed by atoms with Gasteiger partial charge in [-0.3, -0.25) is 9.59 Å². The number of fused-ring (bicyclic) bond motifs is 1. The van der Waals surface area contributed by atoms with Gasteiger partial charge in [-0.05, 0) is 72.7 Å². The van der Waals surface area contributed by atoms with Crippen LogP contribution in [0.15, 0.2) is 60.0 Å². The smallest absolute Gasteiger partial charge is 0.254 e. The molecule has 5 rings (SSSR count). The Morgan fingerprint density at radius 2 is 1.75 bits per heavy atom. The van der Waals surface area contributed by atoms with Crippen LogP contribution in [0.4, 0.5) is 0 Å². The number of carbonyl (C=O) groups is 2. The summed E-state index contributed by atoms with van der Waals surface area (Å²) in [6.07, 6.45) is 2.65. The minimum Gasteiger partial charge on any atom is -0.497 e. The van der Waals surface area contributed by atoms with Gasteiger partial charge in [-0.1, -0.05) is 12.1 Å². The fourth-order valence-electron chi connectivity index (χ4n) is 4.67. The Kier molecular flexibility index (Phi) is 7.13. The lowest BCUT2D eigenvalue weighted by Crippen LogP contribution is -2.48. The van der Waals surface area contributed by atoms with E-state index in [-0.39, 0.29) is 30.4 Å². The maximum Gasteiger partial charge on any atom is 0.254 e. The number of ether oxygens (including phenoxy) is 3. The topological polar surface area (TPSA) is 68.3 Å². The van der Waals surface area contributed by atoms with Crippen molar-refractivity contribution in [3.8, 4) is 17.2 Å². The summed E-state index contributed by atoms with van der Waals surface area (Å²) in [4.78, 5) is 31.9. The predicted molar refractivity (Wildman–Crippen MR) is 138 cm³/mol. The standard InChI is InChI=1S/C28H30N2O5S/c1-33-21-11-7-19(8-12-21)28(32)30(20-9-10-20)17-27(31)29-15-13-26-22(14-16-36-26)23(29)18-35-25-6-4-3-5-24(25)34-2/h3-8,11-12,14,16,20,23H,9-10,13,15,17-18H2,1-2H3/t23-/m1/s1. The van der Waals surface area contributed by atoms with E-state index in [9.17, 15) is 9.59 Å². The van der Waals surface area contributed by atoms with Crippen molar-refractivity contribution >= 4 is 23.2 Å². The number of benzene rings is 2. The average Bonchev–Trinajstić information content (AvgIpc) is 3.65. The summed E-state index contributed by atoms with van der Waals surface area (Å²) in [6, 6.07) is 16.5. The van der Waals surface area contributed by atoms with Crippen LogP contribution in [-0.2, 0) is 11.2 Å². The van der Waals surface area contributed by atoms with Gasteiger partial charge in [0.1, 0.15) is 18.9 Å². The highest BCUT2D eigenvalue weighted by Gasteiger charge is 2.38. The monoisotopic (exact) mass is 506 g/mol. The molecule has 2 heterocycles. The number of rotatable bonds is 9. The van der Waals surface area contributed by atoms with Crippen LogP contribution in [0, 0.1) is 0 Å². The molecule has 0 saturated heterocycles. The molecule has 0 unspecified atom stereocenters. The summed E-state index contributed by atoms with van der Waals surface area (Å²) in [5, 5.41) is 2.07. The van der Waals surface area contributed by atoms with Gasteiger partial charge in [0.25, 0.3) is 5.91 Å². The molecule has 8 heteroatoms. The summed E-state index contributed by atoms with van der Waals surface area (Å²) in [7, 11) is 3.21. The molecule has 0 spiro atoms. The van der Waals surface area contributed by atoms with Crippen molar-refractivity contribution < 1.29 is 23.8 Å². The molecule has 1 aliphatic heterocycles. The van der Waals surface area contributed by atoms with Crippen molar-refractivity contribution in [3.05, 3.63) is 76.0 Å². The molecule has 0 radical (unpaired) electrons. The molecule has 1 aliphatic carbocycles. The molecule has 1 saturated carbocycles. The number of thiophene rings is 1. The highest BCUT2D eigenvalue weighted by Crippen LogP contribution is 2.36. The van der Waals surface area contributed by atoms with Gasteiger partial charge in [0.2, 0.25) is 5.91 Å². The second-order valence-corrected chi connectivity index (χ2v) is 10.0. The third-order valence-electron chi connectivity index (χ3n) is 6.77. The minimum absolute atomic E-state index is 0.0557. The van der Waals surface area contributed by atoms with Crippen LogP contribution >= 0.6 is 11.3 Å². The Balaban J connectivity index is 1.34. The highest BCUT2D eigenvalue weighted by atomic mass is 32.1. The largest absolute Gasteiger partial charge is 0.497 e. The number of para-hydroxylation sites is 2.